The van der Waals surface area contributed by atoms with Crippen molar-refractivity contribution in [1.29, 1.82) is 5.26 Å². The van der Waals surface area contributed by atoms with Crippen molar-refractivity contribution < 1.29 is 14.8 Å². The summed E-state index contributed by atoms with van der Waals surface area (Å²) in [5, 5.41) is 28.6. The molecule has 1 aromatic heterocycles. The van der Waals surface area contributed by atoms with Crippen LogP contribution in [0.25, 0.3) is 0 Å². The first kappa shape index (κ1) is 15.4. The third-order valence-electron chi connectivity index (χ3n) is 2.79. The maximum Gasteiger partial charge on any atom is 0.312 e. The molecule has 0 fully saturated rings. The molecule has 0 spiro atoms. The van der Waals surface area contributed by atoms with Crippen LogP contribution in [0.15, 0.2) is 12.3 Å². The Bertz CT molecular complexity index is 567. The maximum absolute atomic E-state index is 11.1. The van der Waals surface area contributed by atoms with Gasteiger partial charge in [0.2, 0.25) is 5.82 Å². The molecule has 0 aliphatic heterocycles. The summed E-state index contributed by atoms with van der Waals surface area (Å²) in [6.07, 6.45) is 1.07. The van der Waals surface area contributed by atoms with E-state index in [1.165, 1.54) is 11.1 Å². The van der Waals surface area contributed by atoms with E-state index in [-0.39, 0.29) is 23.5 Å². The summed E-state index contributed by atoms with van der Waals surface area (Å²) in [5.74, 6) is -0.919. The zero-order chi connectivity index (χ0) is 15.3. The monoisotopic (exact) mass is 278 g/mol. The smallest absolute Gasteiger partial charge is 0.312 e. The largest absolute Gasteiger partial charge is 0.481 e. The summed E-state index contributed by atoms with van der Waals surface area (Å²) in [5.41, 5.74) is -0.217. The van der Waals surface area contributed by atoms with E-state index < -0.39 is 16.9 Å². The number of nitro groups is 1. The fourth-order valence-electron chi connectivity index (χ4n) is 1.90. The molecule has 0 bridgehead atoms. The lowest BCUT2D eigenvalue weighted by Crippen LogP contribution is -2.35. The average molecular weight is 278 g/mol. The molecule has 0 aliphatic rings. The molecule has 8 heteroatoms. The van der Waals surface area contributed by atoms with Crippen LogP contribution in [0.4, 0.5) is 11.5 Å². The third-order valence-corrected chi connectivity index (χ3v) is 2.79. The first-order chi connectivity index (χ1) is 9.40. The van der Waals surface area contributed by atoms with Gasteiger partial charge in [-0.05, 0) is 13.8 Å². The van der Waals surface area contributed by atoms with E-state index in [9.17, 15) is 14.9 Å². The SMILES string of the molecule is CCN(c1ncc(C#N)cc1[N+](=O)[O-])C(C)CC(=O)O. The van der Waals surface area contributed by atoms with Crippen molar-refractivity contribution in [3.05, 3.63) is 27.9 Å². The molecule has 106 valence electrons. The van der Waals surface area contributed by atoms with Crippen molar-refractivity contribution in [2.75, 3.05) is 11.4 Å². The standard InChI is InChI=1S/C12H14N4O4/c1-3-15(8(2)4-11(17)18)12-10(16(19)20)5-9(6-13)7-14-12/h5,7-8H,3-4H2,1-2H3,(H,17,18). The molecule has 0 amide bonds. The Labute approximate surface area is 115 Å². The second kappa shape index (κ2) is 6.47. The van der Waals surface area contributed by atoms with Crippen molar-refractivity contribution in [3.63, 3.8) is 0 Å². The van der Waals surface area contributed by atoms with Gasteiger partial charge in [0.1, 0.15) is 6.07 Å². The Morgan fingerprint density at radius 2 is 2.35 bits per heavy atom. The molecule has 1 unspecified atom stereocenters. The van der Waals surface area contributed by atoms with Crippen LogP contribution in [0, 0.1) is 21.4 Å². The van der Waals surface area contributed by atoms with Gasteiger partial charge in [-0.1, -0.05) is 0 Å². The number of nitrogens with zero attached hydrogens (tertiary/aromatic N) is 4. The van der Waals surface area contributed by atoms with Gasteiger partial charge in [-0.3, -0.25) is 14.9 Å². The molecular formula is C12H14N4O4. The highest BCUT2D eigenvalue weighted by atomic mass is 16.6. The van der Waals surface area contributed by atoms with Crippen LogP contribution in [0.5, 0.6) is 0 Å². The van der Waals surface area contributed by atoms with Gasteiger partial charge in [-0.2, -0.15) is 5.26 Å². The van der Waals surface area contributed by atoms with Crippen molar-refractivity contribution in [2.45, 2.75) is 26.3 Å². The molecule has 1 atom stereocenters. The lowest BCUT2D eigenvalue weighted by molar-refractivity contribution is -0.384. The van der Waals surface area contributed by atoms with E-state index in [0.717, 1.165) is 6.07 Å². The predicted octanol–water partition coefficient (Wildman–Crippen LogP) is 1.55. The van der Waals surface area contributed by atoms with Gasteiger partial charge in [0.25, 0.3) is 0 Å². The van der Waals surface area contributed by atoms with Crippen LogP contribution in [0.1, 0.15) is 25.8 Å². The molecule has 8 nitrogen and oxygen atoms in total. The van der Waals surface area contributed by atoms with Crippen LogP contribution >= 0.6 is 0 Å². The predicted molar refractivity (Wildman–Crippen MR) is 70.3 cm³/mol. The Hall–Kier alpha value is -2.69. The average Bonchev–Trinajstić information content (AvgIpc) is 2.38. The summed E-state index contributed by atoms with van der Waals surface area (Å²) in [7, 11) is 0. The van der Waals surface area contributed by atoms with E-state index in [1.807, 2.05) is 0 Å². The number of aromatic nitrogens is 1. The number of nitriles is 1. The van der Waals surface area contributed by atoms with Crippen LogP contribution in [-0.4, -0.2) is 33.6 Å². The Morgan fingerprint density at radius 1 is 1.70 bits per heavy atom. The molecular weight excluding hydrogens is 264 g/mol. The zero-order valence-corrected chi connectivity index (χ0v) is 11.1. The van der Waals surface area contributed by atoms with Crippen molar-refractivity contribution in [2.24, 2.45) is 0 Å². The van der Waals surface area contributed by atoms with Gasteiger partial charge in [-0.25, -0.2) is 4.98 Å². The highest BCUT2D eigenvalue weighted by molar-refractivity contribution is 5.69. The Balaban J connectivity index is 3.24. The molecule has 0 radical (unpaired) electrons. The second-order valence-corrected chi connectivity index (χ2v) is 4.17. The molecule has 1 rings (SSSR count). The number of hydrogen-bond acceptors (Lipinski definition) is 6. The number of rotatable bonds is 6. The first-order valence-corrected chi connectivity index (χ1v) is 5.93. The lowest BCUT2D eigenvalue weighted by atomic mass is 10.2. The number of carboxylic acids is 1. The summed E-state index contributed by atoms with van der Waals surface area (Å²) >= 11 is 0. The lowest BCUT2D eigenvalue weighted by Gasteiger charge is -2.27. The van der Waals surface area contributed by atoms with Gasteiger partial charge in [-0.15, -0.1) is 0 Å². The number of anilines is 1. The maximum atomic E-state index is 11.1. The molecule has 0 aliphatic carbocycles. The van der Waals surface area contributed by atoms with E-state index in [4.69, 9.17) is 10.4 Å². The van der Waals surface area contributed by atoms with Crippen LogP contribution < -0.4 is 4.90 Å². The Kier molecular flexibility index (Phi) is 4.97. The number of carbonyl (C=O) groups is 1. The first-order valence-electron chi connectivity index (χ1n) is 5.93. The minimum absolute atomic E-state index is 0.0743. The molecule has 0 saturated heterocycles. The molecule has 1 heterocycles. The van der Waals surface area contributed by atoms with Crippen molar-refractivity contribution >= 4 is 17.5 Å². The fraction of sp³-hybridized carbons (Fsp3) is 0.417. The van der Waals surface area contributed by atoms with Gasteiger partial charge >= 0.3 is 11.7 Å². The fourth-order valence-corrected chi connectivity index (χ4v) is 1.90. The summed E-state index contributed by atoms with van der Waals surface area (Å²) in [4.78, 5) is 26.7. The molecule has 0 saturated carbocycles. The van der Waals surface area contributed by atoms with Gasteiger partial charge in [0.15, 0.2) is 0 Å². The molecule has 0 aromatic carbocycles. The highest BCUT2D eigenvalue weighted by Gasteiger charge is 2.25. The number of carboxylic acid groups (broad SMARTS) is 1. The number of pyridine rings is 1. The zero-order valence-electron chi connectivity index (χ0n) is 11.1. The quantitative estimate of drug-likeness (QED) is 0.619. The minimum atomic E-state index is -0.993. The van der Waals surface area contributed by atoms with Gasteiger partial charge in [0, 0.05) is 24.8 Å². The van der Waals surface area contributed by atoms with Crippen LogP contribution in [-0.2, 0) is 4.79 Å². The summed E-state index contributed by atoms with van der Waals surface area (Å²) < 4.78 is 0. The minimum Gasteiger partial charge on any atom is -0.481 e. The molecule has 1 aromatic rings. The summed E-state index contributed by atoms with van der Waals surface area (Å²) in [6.45, 7) is 3.78. The summed E-state index contributed by atoms with van der Waals surface area (Å²) in [6, 6.07) is 2.48. The van der Waals surface area contributed by atoms with E-state index in [2.05, 4.69) is 4.98 Å². The highest BCUT2D eigenvalue weighted by Crippen LogP contribution is 2.28. The molecule has 1 N–H and O–H groups in total. The Morgan fingerprint density at radius 3 is 2.80 bits per heavy atom. The second-order valence-electron chi connectivity index (χ2n) is 4.17. The normalized spacial score (nSPS) is 11.4. The van der Waals surface area contributed by atoms with Crippen LogP contribution in [0.2, 0.25) is 0 Å². The van der Waals surface area contributed by atoms with Crippen molar-refractivity contribution in [3.8, 4) is 6.07 Å². The van der Waals surface area contributed by atoms with Crippen LogP contribution in [0.3, 0.4) is 0 Å². The number of aliphatic carboxylic acids is 1. The van der Waals surface area contributed by atoms with E-state index in [1.54, 1.807) is 19.9 Å². The van der Waals surface area contributed by atoms with Gasteiger partial charge < -0.3 is 10.0 Å². The van der Waals surface area contributed by atoms with E-state index >= 15 is 0 Å². The third kappa shape index (κ3) is 3.41. The topological polar surface area (TPSA) is 120 Å². The number of hydrogen-bond donors (Lipinski definition) is 1. The van der Waals surface area contributed by atoms with Gasteiger partial charge in [0.05, 0.1) is 16.9 Å². The van der Waals surface area contributed by atoms with Crippen molar-refractivity contribution in [1.82, 2.24) is 4.98 Å². The van der Waals surface area contributed by atoms with E-state index in [0.29, 0.717) is 6.54 Å². The molecule has 20 heavy (non-hydrogen) atoms.